The molecule has 0 spiro atoms. The van der Waals surface area contributed by atoms with Crippen LogP contribution >= 0.6 is 0 Å². The second kappa shape index (κ2) is 8.31. The molecule has 2 aromatic heterocycles. The number of halogens is 2. The fraction of sp³-hybridized carbons (Fsp3) is 0.318. The number of pyridine rings is 1. The SMILES string of the molecule is CCc1onc(C)c1-c1cccc(C2CN(C(=O)c3cc(F)ccc3F)CCO2)n1. The lowest BCUT2D eigenvalue weighted by atomic mass is 10.1. The molecule has 3 aromatic rings. The van der Waals surface area contributed by atoms with E-state index in [1.807, 2.05) is 32.0 Å². The molecule has 0 saturated carbocycles. The molecule has 6 nitrogen and oxygen atoms in total. The van der Waals surface area contributed by atoms with Crippen LogP contribution in [0.4, 0.5) is 8.78 Å². The van der Waals surface area contributed by atoms with E-state index in [0.717, 1.165) is 35.2 Å². The Morgan fingerprint density at radius 1 is 1.27 bits per heavy atom. The summed E-state index contributed by atoms with van der Waals surface area (Å²) in [5.41, 5.74) is 2.67. The van der Waals surface area contributed by atoms with Crippen LogP contribution in [0, 0.1) is 18.6 Å². The summed E-state index contributed by atoms with van der Waals surface area (Å²) in [5.74, 6) is -1.23. The molecule has 1 fully saturated rings. The molecule has 1 saturated heterocycles. The van der Waals surface area contributed by atoms with E-state index < -0.39 is 23.6 Å². The summed E-state index contributed by atoms with van der Waals surface area (Å²) in [5, 5.41) is 4.02. The fourth-order valence-electron chi connectivity index (χ4n) is 3.60. The minimum Gasteiger partial charge on any atom is -0.368 e. The van der Waals surface area contributed by atoms with Crippen molar-refractivity contribution in [3.8, 4) is 11.3 Å². The number of carbonyl (C=O) groups is 1. The molecule has 3 heterocycles. The summed E-state index contributed by atoms with van der Waals surface area (Å²) >= 11 is 0. The third-order valence-electron chi connectivity index (χ3n) is 5.12. The highest BCUT2D eigenvalue weighted by molar-refractivity contribution is 5.94. The van der Waals surface area contributed by atoms with Crippen molar-refractivity contribution in [1.29, 1.82) is 0 Å². The largest absolute Gasteiger partial charge is 0.368 e. The standard InChI is InChI=1S/C22H21F2N3O3/c1-3-19-21(13(2)26-30-19)18-6-4-5-17(25-18)20-12-27(9-10-29-20)22(28)15-11-14(23)7-8-16(15)24/h4-8,11,20H,3,9-10,12H2,1-2H3. The Bertz CT molecular complexity index is 1080. The van der Waals surface area contributed by atoms with Gasteiger partial charge >= 0.3 is 0 Å². The van der Waals surface area contributed by atoms with Gasteiger partial charge in [0.15, 0.2) is 0 Å². The molecule has 1 atom stereocenters. The van der Waals surface area contributed by atoms with Crippen LogP contribution in [0.2, 0.25) is 0 Å². The van der Waals surface area contributed by atoms with Crippen LogP contribution in [0.15, 0.2) is 40.9 Å². The third kappa shape index (κ3) is 3.82. The molecule has 1 unspecified atom stereocenters. The van der Waals surface area contributed by atoms with Crippen LogP contribution in [-0.2, 0) is 11.2 Å². The summed E-state index contributed by atoms with van der Waals surface area (Å²) in [6, 6.07) is 8.41. The first-order valence-corrected chi connectivity index (χ1v) is 9.76. The monoisotopic (exact) mass is 413 g/mol. The molecule has 8 heteroatoms. The minimum absolute atomic E-state index is 0.189. The van der Waals surface area contributed by atoms with E-state index in [1.165, 1.54) is 4.90 Å². The maximum absolute atomic E-state index is 14.0. The maximum atomic E-state index is 14.0. The molecule has 0 N–H and O–H groups in total. The summed E-state index contributed by atoms with van der Waals surface area (Å²) in [6.07, 6.45) is 0.202. The van der Waals surface area contributed by atoms with Crippen LogP contribution in [0.25, 0.3) is 11.3 Å². The smallest absolute Gasteiger partial charge is 0.257 e. The highest BCUT2D eigenvalue weighted by Gasteiger charge is 2.29. The van der Waals surface area contributed by atoms with Crippen molar-refractivity contribution in [1.82, 2.24) is 15.0 Å². The van der Waals surface area contributed by atoms with Crippen molar-refractivity contribution in [2.45, 2.75) is 26.4 Å². The maximum Gasteiger partial charge on any atom is 0.257 e. The lowest BCUT2D eigenvalue weighted by Crippen LogP contribution is -2.42. The number of carbonyl (C=O) groups excluding carboxylic acids is 1. The van der Waals surface area contributed by atoms with E-state index in [9.17, 15) is 13.6 Å². The zero-order valence-corrected chi connectivity index (χ0v) is 16.7. The molecule has 1 amide bonds. The first-order chi connectivity index (χ1) is 14.5. The lowest BCUT2D eigenvalue weighted by molar-refractivity contribution is -0.0248. The molecule has 4 rings (SSSR count). The van der Waals surface area contributed by atoms with Crippen molar-refractivity contribution in [3.63, 3.8) is 0 Å². The summed E-state index contributed by atoms with van der Waals surface area (Å²) < 4.78 is 38.7. The van der Waals surface area contributed by atoms with Crippen molar-refractivity contribution < 1.29 is 22.8 Å². The molecular weight excluding hydrogens is 392 g/mol. The Labute approximate surface area is 172 Å². The predicted octanol–water partition coefficient (Wildman–Crippen LogP) is 4.10. The predicted molar refractivity (Wildman–Crippen MR) is 105 cm³/mol. The van der Waals surface area contributed by atoms with Gasteiger partial charge in [-0.05, 0) is 37.3 Å². The number of aryl methyl sites for hydroxylation is 2. The summed E-state index contributed by atoms with van der Waals surface area (Å²) in [7, 11) is 0. The van der Waals surface area contributed by atoms with Crippen LogP contribution in [0.3, 0.4) is 0 Å². The molecule has 156 valence electrons. The molecule has 0 aliphatic carbocycles. The Hall–Kier alpha value is -3.13. The number of nitrogens with zero attached hydrogens (tertiary/aromatic N) is 3. The van der Waals surface area contributed by atoms with Crippen LogP contribution in [0.1, 0.15) is 40.5 Å². The molecule has 0 radical (unpaired) electrons. The van der Waals surface area contributed by atoms with Gasteiger partial charge in [-0.2, -0.15) is 0 Å². The van der Waals surface area contributed by atoms with E-state index in [0.29, 0.717) is 17.8 Å². The van der Waals surface area contributed by atoms with E-state index in [1.54, 1.807) is 0 Å². The Morgan fingerprint density at radius 2 is 2.10 bits per heavy atom. The van der Waals surface area contributed by atoms with Gasteiger partial charge in [0.05, 0.1) is 41.4 Å². The minimum atomic E-state index is -0.750. The zero-order chi connectivity index (χ0) is 21.3. The van der Waals surface area contributed by atoms with E-state index >= 15 is 0 Å². The normalized spacial score (nSPS) is 16.7. The number of rotatable bonds is 4. The van der Waals surface area contributed by atoms with Gasteiger partial charge in [0.2, 0.25) is 0 Å². The number of hydrogen-bond donors (Lipinski definition) is 0. The number of hydrogen-bond acceptors (Lipinski definition) is 5. The number of aromatic nitrogens is 2. The highest BCUT2D eigenvalue weighted by atomic mass is 19.1. The van der Waals surface area contributed by atoms with Crippen LogP contribution in [0.5, 0.6) is 0 Å². The molecule has 1 aliphatic rings. The van der Waals surface area contributed by atoms with E-state index in [2.05, 4.69) is 5.16 Å². The third-order valence-corrected chi connectivity index (χ3v) is 5.12. The van der Waals surface area contributed by atoms with Crippen molar-refractivity contribution in [2.75, 3.05) is 19.7 Å². The van der Waals surface area contributed by atoms with Crippen molar-refractivity contribution in [2.24, 2.45) is 0 Å². The second-order valence-electron chi connectivity index (χ2n) is 7.10. The molecule has 30 heavy (non-hydrogen) atoms. The van der Waals surface area contributed by atoms with Crippen molar-refractivity contribution in [3.05, 3.63) is 70.7 Å². The molecule has 0 bridgehead atoms. The van der Waals surface area contributed by atoms with Gasteiger partial charge in [-0.25, -0.2) is 13.8 Å². The van der Waals surface area contributed by atoms with Crippen molar-refractivity contribution >= 4 is 5.91 Å². The van der Waals surface area contributed by atoms with Gasteiger partial charge in [-0.1, -0.05) is 18.1 Å². The summed E-state index contributed by atoms with van der Waals surface area (Å²) in [6.45, 7) is 4.58. The Kier molecular flexibility index (Phi) is 5.59. The Morgan fingerprint density at radius 3 is 2.90 bits per heavy atom. The lowest BCUT2D eigenvalue weighted by Gasteiger charge is -2.33. The zero-order valence-electron chi connectivity index (χ0n) is 16.7. The second-order valence-corrected chi connectivity index (χ2v) is 7.10. The molecule has 1 aromatic carbocycles. The van der Waals surface area contributed by atoms with Gasteiger partial charge in [-0.15, -0.1) is 0 Å². The number of amides is 1. The average Bonchev–Trinajstić information content (AvgIpc) is 3.15. The van der Waals surface area contributed by atoms with Gasteiger partial charge in [0.25, 0.3) is 5.91 Å². The number of benzene rings is 1. The van der Waals surface area contributed by atoms with Gasteiger partial charge in [0.1, 0.15) is 23.5 Å². The molecular formula is C22H21F2N3O3. The van der Waals surface area contributed by atoms with E-state index in [4.69, 9.17) is 14.2 Å². The number of ether oxygens (including phenoxy) is 1. The quantitative estimate of drug-likeness (QED) is 0.644. The molecule has 1 aliphatic heterocycles. The highest BCUT2D eigenvalue weighted by Crippen LogP contribution is 2.29. The number of morpholine rings is 1. The first-order valence-electron chi connectivity index (χ1n) is 9.76. The van der Waals surface area contributed by atoms with Gasteiger partial charge < -0.3 is 14.2 Å². The van der Waals surface area contributed by atoms with Gasteiger partial charge in [-0.3, -0.25) is 4.79 Å². The average molecular weight is 413 g/mol. The van der Waals surface area contributed by atoms with Crippen LogP contribution < -0.4 is 0 Å². The summed E-state index contributed by atoms with van der Waals surface area (Å²) in [4.78, 5) is 18.9. The Balaban J connectivity index is 1.59. The first kappa shape index (κ1) is 20.2. The topological polar surface area (TPSA) is 68.5 Å². The van der Waals surface area contributed by atoms with E-state index in [-0.39, 0.29) is 25.3 Å². The van der Waals surface area contributed by atoms with Crippen LogP contribution in [-0.4, -0.2) is 40.6 Å². The van der Waals surface area contributed by atoms with Gasteiger partial charge in [0, 0.05) is 13.0 Å². The fourth-order valence-corrected chi connectivity index (χ4v) is 3.60.